The van der Waals surface area contributed by atoms with E-state index >= 15 is 0 Å². The highest BCUT2D eigenvalue weighted by Crippen LogP contribution is 2.39. The van der Waals surface area contributed by atoms with Gasteiger partial charge < -0.3 is 9.84 Å². The van der Waals surface area contributed by atoms with E-state index in [1.54, 1.807) is 0 Å². The second kappa shape index (κ2) is 5.90. The molecule has 0 radical (unpaired) electrons. The van der Waals surface area contributed by atoms with Crippen molar-refractivity contribution < 1.29 is 9.84 Å². The van der Waals surface area contributed by atoms with Gasteiger partial charge in [-0.15, -0.1) is 0 Å². The highest BCUT2D eigenvalue weighted by molar-refractivity contribution is 5.38. The molecule has 0 aliphatic carbocycles. The van der Waals surface area contributed by atoms with Gasteiger partial charge in [0, 0.05) is 0 Å². The van der Waals surface area contributed by atoms with Crippen LogP contribution in [-0.4, -0.2) is 11.7 Å². The van der Waals surface area contributed by atoms with Crippen LogP contribution in [0.1, 0.15) is 47.1 Å². The number of aliphatic hydroxyl groups is 1. The van der Waals surface area contributed by atoms with Gasteiger partial charge in [-0.2, -0.15) is 0 Å². The van der Waals surface area contributed by atoms with Crippen LogP contribution in [0.25, 0.3) is 0 Å². The van der Waals surface area contributed by atoms with E-state index in [1.807, 2.05) is 18.2 Å². The second-order valence-corrected chi connectivity index (χ2v) is 5.98. The van der Waals surface area contributed by atoms with Crippen molar-refractivity contribution in [3.05, 3.63) is 64.7 Å². The predicted octanol–water partition coefficient (Wildman–Crippen LogP) is 4.29. The van der Waals surface area contributed by atoms with Crippen molar-refractivity contribution >= 4 is 0 Å². The molecule has 110 valence electrons. The lowest BCUT2D eigenvalue weighted by Crippen LogP contribution is -2.16. The monoisotopic (exact) mass is 282 g/mol. The summed E-state index contributed by atoms with van der Waals surface area (Å²) in [5.41, 5.74) is 4.68. The number of hydrogen-bond donors (Lipinski definition) is 1. The van der Waals surface area contributed by atoms with Crippen LogP contribution >= 0.6 is 0 Å². The summed E-state index contributed by atoms with van der Waals surface area (Å²) in [4.78, 5) is 0. The molecule has 0 aromatic heterocycles. The van der Waals surface area contributed by atoms with Crippen LogP contribution < -0.4 is 4.74 Å². The zero-order valence-corrected chi connectivity index (χ0v) is 12.7. The molecule has 2 aromatic carbocycles. The highest BCUT2D eigenvalue weighted by Gasteiger charge is 2.24. The number of benzene rings is 2. The Labute approximate surface area is 126 Å². The molecule has 2 aromatic rings. The van der Waals surface area contributed by atoms with Crippen LogP contribution in [0.4, 0.5) is 0 Å². The number of ether oxygens (including phenoxy) is 1. The summed E-state index contributed by atoms with van der Waals surface area (Å²) in [6.45, 7) is 4.89. The molecule has 0 amide bonds. The number of hydrogen-bond acceptors (Lipinski definition) is 2. The lowest BCUT2D eigenvalue weighted by Gasteiger charge is -2.28. The largest absolute Gasteiger partial charge is 0.493 e. The van der Waals surface area contributed by atoms with E-state index in [0.29, 0.717) is 5.92 Å². The Morgan fingerprint density at radius 3 is 2.81 bits per heavy atom. The van der Waals surface area contributed by atoms with Crippen LogP contribution in [-0.2, 0) is 0 Å². The van der Waals surface area contributed by atoms with Crippen molar-refractivity contribution in [2.45, 2.75) is 38.7 Å². The van der Waals surface area contributed by atoms with E-state index in [-0.39, 0.29) is 0 Å². The molecule has 3 rings (SSSR count). The Hall–Kier alpha value is -1.80. The summed E-state index contributed by atoms with van der Waals surface area (Å²) in [7, 11) is 0. The highest BCUT2D eigenvalue weighted by atomic mass is 16.5. The number of aliphatic hydroxyl groups excluding tert-OH is 1. The van der Waals surface area contributed by atoms with Crippen molar-refractivity contribution in [3.63, 3.8) is 0 Å². The van der Waals surface area contributed by atoms with E-state index in [0.717, 1.165) is 30.8 Å². The SMILES string of the molecule is Cc1ccc(C(O)CC2CCOc3ccccc32)c(C)c1. The maximum atomic E-state index is 10.6. The van der Waals surface area contributed by atoms with Gasteiger partial charge in [-0.25, -0.2) is 0 Å². The third kappa shape index (κ3) is 2.96. The van der Waals surface area contributed by atoms with Crippen LogP contribution in [0.5, 0.6) is 5.75 Å². The van der Waals surface area contributed by atoms with Crippen molar-refractivity contribution in [1.82, 2.24) is 0 Å². The molecule has 2 nitrogen and oxygen atoms in total. The van der Waals surface area contributed by atoms with Crippen molar-refractivity contribution in [3.8, 4) is 5.75 Å². The lowest BCUT2D eigenvalue weighted by atomic mass is 9.85. The van der Waals surface area contributed by atoms with E-state index in [2.05, 4.69) is 38.1 Å². The minimum absolute atomic E-state index is 0.366. The molecule has 0 saturated carbocycles. The number of rotatable bonds is 3. The number of aryl methyl sites for hydroxylation is 2. The van der Waals surface area contributed by atoms with Gasteiger partial charge in [0.1, 0.15) is 5.75 Å². The Balaban J connectivity index is 1.81. The van der Waals surface area contributed by atoms with Gasteiger partial charge in [0.05, 0.1) is 12.7 Å². The molecule has 0 spiro atoms. The quantitative estimate of drug-likeness (QED) is 0.909. The molecule has 1 aliphatic rings. The van der Waals surface area contributed by atoms with Crippen LogP contribution in [0.3, 0.4) is 0 Å². The Morgan fingerprint density at radius 1 is 1.19 bits per heavy atom. The second-order valence-electron chi connectivity index (χ2n) is 5.98. The average Bonchev–Trinajstić information content (AvgIpc) is 2.47. The van der Waals surface area contributed by atoms with E-state index in [4.69, 9.17) is 4.74 Å². The molecule has 2 atom stereocenters. The minimum Gasteiger partial charge on any atom is -0.493 e. The third-order valence-electron chi connectivity index (χ3n) is 4.37. The van der Waals surface area contributed by atoms with Gasteiger partial charge in [-0.1, -0.05) is 42.0 Å². The summed E-state index contributed by atoms with van der Waals surface area (Å²) in [5, 5.41) is 10.6. The third-order valence-corrected chi connectivity index (χ3v) is 4.37. The fourth-order valence-corrected chi connectivity index (χ4v) is 3.26. The van der Waals surface area contributed by atoms with Gasteiger partial charge >= 0.3 is 0 Å². The summed E-state index contributed by atoms with van der Waals surface area (Å²) in [6, 6.07) is 14.4. The maximum Gasteiger partial charge on any atom is 0.122 e. The molecule has 2 unspecified atom stereocenters. The number of fused-ring (bicyclic) bond motifs is 1. The minimum atomic E-state index is -0.415. The van der Waals surface area contributed by atoms with Gasteiger partial charge in [0.2, 0.25) is 0 Å². The Kier molecular flexibility index (Phi) is 3.98. The predicted molar refractivity (Wildman–Crippen MR) is 84.8 cm³/mol. The van der Waals surface area contributed by atoms with Crippen molar-refractivity contribution in [2.75, 3.05) is 6.61 Å². The molecule has 0 saturated heterocycles. The van der Waals surface area contributed by atoms with Gasteiger partial charge in [-0.05, 0) is 55.4 Å². The average molecular weight is 282 g/mol. The summed E-state index contributed by atoms with van der Waals surface area (Å²) >= 11 is 0. The summed E-state index contributed by atoms with van der Waals surface area (Å²) < 4.78 is 5.70. The lowest BCUT2D eigenvalue weighted by molar-refractivity contribution is 0.144. The van der Waals surface area contributed by atoms with Crippen LogP contribution in [0.2, 0.25) is 0 Å². The van der Waals surface area contributed by atoms with Crippen LogP contribution in [0, 0.1) is 13.8 Å². The van der Waals surface area contributed by atoms with Gasteiger partial charge in [0.25, 0.3) is 0 Å². The first-order valence-corrected chi connectivity index (χ1v) is 7.62. The van der Waals surface area contributed by atoms with E-state index in [9.17, 15) is 5.11 Å². The molecular weight excluding hydrogens is 260 g/mol. The van der Waals surface area contributed by atoms with E-state index < -0.39 is 6.10 Å². The van der Waals surface area contributed by atoms with E-state index in [1.165, 1.54) is 16.7 Å². The smallest absolute Gasteiger partial charge is 0.122 e. The first-order chi connectivity index (χ1) is 10.1. The zero-order chi connectivity index (χ0) is 14.8. The normalized spacial score (nSPS) is 18.7. The topological polar surface area (TPSA) is 29.5 Å². The molecule has 1 heterocycles. The van der Waals surface area contributed by atoms with Gasteiger partial charge in [0.15, 0.2) is 0 Å². The molecule has 1 aliphatic heterocycles. The maximum absolute atomic E-state index is 10.6. The molecule has 0 bridgehead atoms. The Morgan fingerprint density at radius 2 is 2.00 bits per heavy atom. The first kappa shape index (κ1) is 14.2. The molecular formula is C19H22O2. The molecule has 2 heteroatoms. The standard InChI is InChI=1S/C19H22O2/c1-13-7-8-16(14(2)11-13)18(20)12-15-9-10-21-19-6-4-3-5-17(15)19/h3-8,11,15,18,20H,9-10,12H2,1-2H3. The molecule has 0 fully saturated rings. The fourth-order valence-electron chi connectivity index (χ4n) is 3.26. The fraction of sp³-hybridized carbons (Fsp3) is 0.368. The Bertz CT molecular complexity index is 633. The summed E-state index contributed by atoms with van der Waals surface area (Å²) in [5.74, 6) is 1.34. The zero-order valence-electron chi connectivity index (χ0n) is 12.7. The van der Waals surface area contributed by atoms with Gasteiger partial charge in [-0.3, -0.25) is 0 Å². The van der Waals surface area contributed by atoms with Crippen molar-refractivity contribution in [1.29, 1.82) is 0 Å². The molecule has 1 N–H and O–H groups in total. The number of para-hydroxylation sites is 1. The molecule has 21 heavy (non-hydrogen) atoms. The van der Waals surface area contributed by atoms with Crippen LogP contribution in [0.15, 0.2) is 42.5 Å². The van der Waals surface area contributed by atoms with Crippen molar-refractivity contribution in [2.24, 2.45) is 0 Å². The first-order valence-electron chi connectivity index (χ1n) is 7.62. The summed E-state index contributed by atoms with van der Waals surface area (Å²) in [6.07, 6.45) is 1.31.